The van der Waals surface area contributed by atoms with Crippen molar-refractivity contribution in [1.82, 2.24) is 19.9 Å². The Morgan fingerprint density at radius 3 is 2.19 bits per heavy atom. The molecule has 1 fully saturated rings. The zero-order valence-corrected chi connectivity index (χ0v) is 19.7. The SMILES string of the molecule is Cc1ccc(-c2ccccc2-c2nc(NC3CCN(C)CC3)nc(C(Cl)(Cl)Cl)n2)cc1. The summed E-state index contributed by atoms with van der Waals surface area (Å²) in [6.07, 6.45) is 2.00. The Kier molecular flexibility index (Phi) is 6.68. The van der Waals surface area contributed by atoms with Crippen molar-refractivity contribution in [1.29, 1.82) is 0 Å². The van der Waals surface area contributed by atoms with Crippen molar-refractivity contribution in [3.8, 4) is 22.5 Å². The van der Waals surface area contributed by atoms with Crippen molar-refractivity contribution in [3.63, 3.8) is 0 Å². The molecular formula is C23H24Cl3N5. The fourth-order valence-electron chi connectivity index (χ4n) is 3.69. The van der Waals surface area contributed by atoms with Crippen LogP contribution in [0, 0.1) is 6.92 Å². The number of nitrogens with one attached hydrogen (secondary N) is 1. The number of anilines is 1. The number of nitrogens with zero attached hydrogens (tertiary/aromatic N) is 4. The van der Waals surface area contributed by atoms with E-state index in [0.29, 0.717) is 11.8 Å². The minimum Gasteiger partial charge on any atom is -0.351 e. The van der Waals surface area contributed by atoms with Crippen molar-refractivity contribution in [2.75, 3.05) is 25.5 Å². The molecule has 0 aliphatic carbocycles. The van der Waals surface area contributed by atoms with E-state index in [1.165, 1.54) is 5.56 Å². The predicted molar refractivity (Wildman–Crippen MR) is 129 cm³/mol. The molecule has 5 nitrogen and oxygen atoms in total. The zero-order valence-electron chi connectivity index (χ0n) is 17.4. The van der Waals surface area contributed by atoms with Crippen LogP contribution in [0.25, 0.3) is 22.5 Å². The molecule has 2 aromatic carbocycles. The molecule has 0 amide bonds. The van der Waals surface area contributed by atoms with Crippen molar-refractivity contribution >= 4 is 40.8 Å². The van der Waals surface area contributed by atoms with Crippen LogP contribution in [0.3, 0.4) is 0 Å². The second kappa shape index (κ2) is 9.29. The Morgan fingerprint density at radius 1 is 0.903 bits per heavy atom. The summed E-state index contributed by atoms with van der Waals surface area (Å²) >= 11 is 18.5. The number of rotatable bonds is 4. The number of aryl methyl sites for hydroxylation is 1. The predicted octanol–water partition coefficient (Wildman–Crippen LogP) is 5.85. The second-order valence-corrected chi connectivity index (χ2v) is 10.2. The first-order valence-electron chi connectivity index (χ1n) is 10.2. The van der Waals surface area contributed by atoms with E-state index in [9.17, 15) is 0 Å². The minimum absolute atomic E-state index is 0.108. The molecular weight excluding hydrogens is 453 g/mol. The van der Waals surface area contributed by atoms with Crippen LogP contribution >= 0.6 is 34.8 Å². The molecule has 2 heterocycles. The molecule has 0 atom stereocenters. The molecule has 0 spiro atoms. The number of halogens is 3. The lowest BCUT2D eigenvalue weighted by Gasteiger charge is -2.29. The summed E-state index contributed by atoms with van der Waals surface area (Å²) in [6, 6.07) is 16.6. The van der Waals surface area contributed by atoms with Gasteiger partial charge in [0.15, 0.2) is 11.6 Å². The molecule has 0 radical (unpaired) electrons. The van der Waals surface area contributed by atoms with E-state index < -0.39 is 3.79 Å². The lowest BCUT2D eigenvalue weighted by atomic mass is 9.98. The van der Waals surface area contributed by atoms with Gasteiger partial charge >= 0.3 is 0 Å². The van der Waals surface area contributed by atoms with Crippen LogP contribution in [0.4, 0.5) is 5.95 Å². The van der Waals surface area contributed by atoms with E-state index in [0.717, 1.165) is 42.6 Å². The van der Waals surface area contributed by atoms with Gasteiger partial charge in [0.25, 0.3) is 0 Å². The highest BCUT2D eigenvalue weighted by Gasteiger charge is 2.29. The third-order valence-corrected chi connectivity index (χ3v) is 5.98. The number of hydrogen-bond donors (Lipinski definition) is 1. The van der Waals surface area contributed by atoms with Crippen LogP contribution in [0.1, 0.15) is 24.2 Å². The van der Waals surface area contributed by atoms with Gasteiger partial charge in [-0.25, -0.2) is 4.98 Å². The lowest BCUT2D eigenvalue weighted by Crippen LogP contribution is -2.37. The van der Waals surface area contributed by atoms with Crippen LogP contribution in [0.5, 0.6) is 0 Å². The van der Waals surface area contributed by atoms with Gasteiger partial charge in [-0.05, 0) is 51.0 Å². The molecule has 1 aromatic heterocycles. The fourth-order valence-corrected chi connectivity index (χ4v) is 3.94. The molecule has 1 N–H and O–H groups in total. The molecule has 0 unspecified atom stereocenters. The lowest BCUT2D eigenvalue weighted by molar-refractivity contribution is 0.263. The Bertz CT molecular complexity index is 1040. The van der Waals surface area contributed by atoms with Crippen molar-refractivity contribution in [2.24, 2.45) is 0 Å². The molecule has 3 aromatic rings. The maximum Gasteiger partial charge on any atom is 0.250 e. The molecule has 1 saturated heterocycles. The Balaban J connectivity index is 1.75. The van der Waals surface area contributed by atoms with E-state index in [2.05, 4.69) is 58.4 Å². The van der Waals surface area contributed by atoms with Crippen molar-refractivity contribution < 1.29 is 0 Å². The van der Waals surface area contributed by atoms with Gasteiger partial charge in [-0.1, -0.05) is 88.9 Å². The van der Waals surface area contributed by atoms with Crippen molar-refractivity contribution in [2.45, 2.75) is 29.6 Å². The molecule has 31 heavy (non-hydrogen) atoms. The van der Waals surface area contributed by atoms with E-state index in [1.807, 2.05) is 24.3 Å². The number of alkyl halides is 3. The average Bonchev–Trinajstić information content (AvgIpc) is 2.75. The quantitative estimate of drug-likeness (QED) is 0.479. The monoisotopic (exact) mass is 475 g/mol. The summed E-state index contributed by atoms with van der Waals surface area (Å²) < 4.78 is -1.75. The second-order valence-electron chi connectivity index (χ2n) is 7.94. The topological polar surface area (TPSA) is 53.9 Å². The molecule has 8 heteroatoms. The largest absolute Gasteiger partial charge is 0.351 e. The zero-order chi connectivity index (χ0) is 22.0. The Hall–Kier alpha value is -1.92. The van der Waals surface area contributed by atoms with E-state index >= 15 is 0 Å². The first-order chi connectivity index (χ1) is 14.8. The van der Waals surface area contributed by atoms with E-state index in [-0.39, 0.29) is 11.9 Å². The summed E-state index contributed by atoms with van der Waals surface area (Å²) in [5.74, 6) is 1.01. The molecule has 1 aliphatic rings. The average molecular weight is 477 g/mol. The Labute approximate surface area is 197 Å². The van der Waals surface area contributed by atoms with Crippen LogP contribution in [-0.4, -0.2) is 46.0 Å². The third-order valence-electron chi connectivity index (χ3n) is 5.47. The van der Waals surface area contributed by atoms with Gasteiger partial charge in [0.05, 0.1) is 0 Å². The fraction of sp³-hybridized carbons (Fsp3) is 0.348. The van der Waals surface area contributed by atoms with Gasteiger partial charge in [0, 0.05) is 11.6 Å². The highest BCUT2D eigenvalue weighted by atomic mass is 35.6. The van der Waals surface area contributed by atoms with Gasteiger partial charge in [-0.15, -0.1) is 0 Å². The number of likely N-dealkylation sites (tertiary alicyclic amines) is 1. The number of piperidine rings is 1. The van der Waals surface area contributed by atoms with Gasteiger partial charge < -0.3 is 10.2 Å². The highest BCUT2D eigenvalue weighted by molar-refractivity contribution is 6.66. The Morgan fingerprint density at radius 2 is 1.55 bits per heavy atom. The van der Waals surface area contributed by atoms with Gasteiger partial charge in [0.1, 0.15) is 0 Å². The first kappa shape index (κ1) is 22.3. The highest BCUT2D eigenvalue weighted by Crippen LogP contribution is 2.38. The summed E-state index contributed by atoms with van der Waals surface area (Å²) in [5.41, 5.74) is 4.14. The maximum atomic E-state index is 6.17. The van der Waals surface area contributed by atoms with Crippen LogP contribution in [0.2, 0.25) is 0 Å². The van der Waals surface area contributed by atoms with Gasteiger partial charge in [-0.2, -0.15) is 9.97 Å². The smallest absolute Gasteiger partial charge is 0.250 e. The van der Waals surface area contributed by atoms with Gasteiger partial charge in [-0.3, -0.25) is 0 Å². The van der Waals surface area contributed by atoms with Crippen molar-refractivity contribution in [3.05, 3.63) is 59.9 Å². The van der Waals surface area contributed by atoms with Crippen LogP contribution in [-0.2, 0) is 3.79 Å². The van der Waals surface area contributed by atoms with E-state index in [4.69, 9.17) is 39.8 Å². The van der Waals surface area contributed by atoms with Gasteiger partial charge in [0.2, 0.25) is 9.74 Å². The summed E-state index contributed by atoms with van der Waals surface area (Å²) in [6.45, 7) is 4.10. The minimum atomic E-state index is -1.75. The number of hydrogen-bond acceptors (Lipinski definition) is 5. The molecule has 1 aliphatic heterocycles. The molecule has 0 bridgehead atoms. The summed E-state index contributed by atoms with van der Waals surface area (Å²) in [4.78, 5) is 16.0. The summed E-state index contributed by atoms with van der Waals surface area (Å²) in [7, 11) is 2.13. The molecule has 4 rings (SSSR count). The molecule has 0 saturated carbocycles. The first-order valence-corrected chi connectivity index (χ1v) is 11.4. The normalized spacial score (nSPS) is 15.8. The van der Waals surface area contributed by atoms with E-state index in [1.54, 1.807) is 0 Å². The van der Waals surface area contributed by atoms with Crippen LogP contribution in [0.15, 0.2) is 48.5 Å². The number of benzene rings is 2. The summed E-state index contributed by atoms with van der Waals surface area (Å²) in [5, 5.41) is 3.43. The van der Waals surface area contributed by atoms with Crippen LogP contribution < -0.4 is 5.32 Å². The maximum absolute atomic E-state index is 6.17. The third kappa shape index (κ3) is 5.47. The standard InChI is InChI=1S/C23H24Cl3N5/c1-15-7-9-16(10-8-15)18-5-3-4-6-19(18)20-28-21(23(24,25)26)30-22(29-20)27-17-11-13-31(2)14-12-17/h3-10,17H,11-14H2,1-2H3,(H,27,28,29,30). The molecule has 162 valence electrons. The number of aromatic nitrogens is 3.